The summed E-state index contributed by atoms with van der Waals surface area (Å²) in [6.45, 7) is 6.98. The molecule has 0 N–H and O–H groups in total. The van der Waals surface area contributed by atoms with E-state index in [1.54, 1.807) is 0 Å². The van der Waals surface area contributed by atoms with Gasteiger partial charge in [-0.2, -0.15) is 0 Å². The first-order valence-electron chi connectivity index (χ1n) is 9.29. The van der Waals surface area contributed by atoms with Crippen molar-refractivity contribution in [3.8, 4) is 0 Å². The number of ether oxygens (including phenoxy) is 2. The molecular weight excluding hydrogens is 298 g/mol. The molecule has 0 radical (unpaired) electrons. The zero-order valence-electron chi connectivity index (χ0n) is 14.4. The van der Waals surface area contributed by atoms with Crippen LogP contribution in [-0.4, -0.2) is 37.8 Å². The normalized spacial score (nSPS) is 38.4. The molecule has 2 saturated carbocycles. The van der Waals surface area contributed by atoms with Crippen LogP contribution < -0.4 is 0 Å². The van der Waals surface area contributed by atoms with Gasteiger partial charge < -0.3 is 9.47 Å². The van der Waals surface area contributed by atoms with Gasteiger partial charge in [-0.1, -0.05) is 19.4 Å². The lowest BCUT2D eigenvalue weighted by Crippen LogP contribution is -2.47. The molecule has 2 nitrogen and oxygen atoms in total. The van der Waals surface area contributed by atoms with Crippen molar-refractivity contribution in [1.82, 2.24) is 0 Å². The summed E-state index contributed by atoms with van der Waals surface area (Å²) in [6, 6.07) is 0. The Morgan fingerprint density at radius 2 is 1.57 bits per heavy atom. The Morgan fingerprint density at radius 3 is 2.13 bits per heavy atom. The molecule has 0 spiro atoms. The first-order valence-corrected chi connectivity index (χ1v) is 9.29. The lowest BCUT2D eigenvalue weighted by atomic mass is 9.82. The Hall–Kier alpha value is -0.480. The fourth-order valence-corrected chi connectivity index (χ4v) is 3.64. The van der Waals surface area contributed by atoms with E-state index in [2.05, 4.69) is 13.5 Å². The van der Waals surface area contributed by atoms with Crippen molar-refractivity contribution in [3.05, 3.63) is 12.7 Å². The number of alkyl halides is 2. The molecule has 0 aliphatic heterocycles. The third-order valence-corrected chi connectivity index (χ3v) is 5.35. The van der Waals surface area contributed by atoms with Crippen molar-refractivity contribution < 1.29 is 18.3 Å². The molecule has 0 aromatic carbocycles. The van der Waals surface area contributed by atoms with Gasteiger partial charge in [0.25, 0.3) is 0 Å². The maximum Gasteiger partial charge on any atom is 0.160 e. The highest BCUT2D eigenvalue weighted by molar-refractivity contribution is 4.90. The van der Waals surface area contributed by atoms with E-state index in [9.17, 15) is 8.78 Å². The van der Waals surface area contributed by atoms with E-state index in [-0.39, 0.29) is 0 Å². The molecule has 0 aromatic rings. The van der Waals surface area contributed by atoms with Crippen LogP contribution >= 0.6 is 0 Å². The van der Waals surface area contributed by atoms with E-state index in [4.69, 9.17) is 9.47 Å². The van der Waals surface area contributed by atoms with Crippen LogP contribution in [0.15, 0.2) is 12.7 Å². The first kappa shape index (κ1) is 18.9. The molecule has 2 aliphatic rings. The molecule has 0 bridgehead atoms. The lowest BCUT2D eigenvalue weighted by Gasteiger charge is -2.36. The lowest BCUT2D eigenvalue weighted by molar-refractivity contribution is -0.123. The number of halogens is 2. The second kappa shape index (κ2) is 9.73. The standard InChI is InChI=1S/C19H32F2O2/c1-3-5-12-22-16-10-11-17(19(21)18(16)20)23-13-15-8-6-14(4-2)7-9-15/h4,14-19H,2-3,5-13H2,1H3. The average molecular weight is 330 g/mol. The van der Waals surface area contributed by atoms with Crippen molar-refractivity contribution in [2.75, 3.05) is 13.2 Å². The van der Waals surface area contributed by atoms with Gasteiger partial charge in [0.05, 0.1) is 12.2 Å². The highest BCUT2D eigenvalue weighted by Crippen LogP contribution is 2.33. The molecule has 134 valence electrons. The summed E-state index contributed by atoms with van der Waals surface area (Å²) in [5.74, 6) is 1.10. The van der Waals surface area contributed by atoms with Crippen molar-refractivity contribution in [3.63, 3.8) is 0 Å². The summed E-state index contributed by atoms with van der Waals surface area (Å²) in [4.78, 5) is 0. The Labute approximate surface area is 139 Å². The Kier molecular flexibility index (Phi) is 7.97. The molecule has 0 aromatic heterocycles. The van der Waals surface area contributed by atoms with Crippen LogP contribution in [0, 0.1) is 11.8 Å². The maximum atomic E-state index is 14.3. The van der Waals surface area contributed by atoms with E-state index in [0.717, 1.165) is 38.5 Å². The number of allylic oxidation sites excluding steroid dienone is 1. The number of rotatable bonds is 8. The molecule has 2 fully saturated rings. The van der Waals surface area contributed by atoms with Gasteiger partial charge in [-0.05, 0) is 56.8 Å². The number of unbranched alkanes of at least 4 members (excludes halogenated alkanes) is 1. The molecule has 4 heteroatoms. The fraction of sp³-hybridized carbons (Fsp3) is 0.895. The summed E-state index contributed by atoms with van der Waals surface area (Å²) >= 11 is 0. The SMILES string of the molecule is C=CC1CCC(COC2CCC(OCCCC)C(F)C2F)CC1. The predicted octanol–water partition coefficient (Wildman–Crippen LogP) is 5.02. The monoisotopic (exact) mass is 330 g/mol. The molecule has 0 saturated heterocycles. The summed E-state index contributed by atoms with van der Waals surface area (Å²) < 4.78 is 39.7. The van der Waals surface area contributed by atoms with Crippen LogP contribution in [-0.2, 0) is 9.47 Å². The molecule has 0 amide bonds. The van der Waals surface area contributed by atoms with Gasteiger partial charge in [0, 0.05) is 13.2 Å². The Morgan fingerprint density at radius 1 is 0.957 bits per heavy atom. The van der Waals surface area contributed by atoms with Gasteiger partial charge in [-0.15, -0.1) is 6.58 Å². The second-order valence-electron chi connectivity index (χ2n) is 7.12. The third kappa shape index (κ3) is 5.53. The van der Waals surface area contributed by atoms with E-state index >= 15 is 0 Å². The predicted molar refractivity (Wildman–Crippen MR) is 89.1 cm³/mol. The van der Waals surface area contributed by atoms with Gasteiger partial charge in [-0.25, -0.2) is 8.78 Å². The molecular formula is C19H32F2O2. The van der Waals surface area contributed by atoms with Gasteiger partial charge >= 0.3 is 0 Å². The zero-order chi connectivity index (χ0) is 16.7. The van der Waals surface area contributed by atoms with Crippen LogP contribution in [0.1, 0.15) is 58.3 Å². The third-order valence-electron chi connectivity index (χ3n) is 5.35. The summed E-state index contributed by atoms with van der Waals surface area (Å²) in [7, 11) is 0. The number of hydrogen-bond acceptors (Lipinski definition) is 2. The molecule has 4 unspecified atom stereocenters. The maximum absolute atomic E-state index is 14.3. The fourth-order valence-electron chi connectivity index (χ4n) is 3.64. The Bertz CT molecular complexity index is 342. The van der Waals surface area contributed by atoms with Crippen molar-refractivity contribution in [1.29, 1.82) is 0 Å². The number of hydrogen-bond donors (Lipinski definition) is 0. The zero-order valence-corrected chi connectivity index (χ0v) is 14.4. The van der Waals surface area contributed by atoms with Gasteiger partial charge in [0.2, 0.25) is 0 Å². The molecule has 0 heterocycles. The molecule has 2 aliphatic carbocycles. The van der Waals surface area contributed by atoms with Gasteiger partial charge in [-0.3, -0.25) is 0 Å². The molecule has 4 atom stereocenters. The van der Waals surface area contributed by atoms with Crippen LogP contribution in [0.2, 0.25) is 0 Å². The molecule has 23 heavy (non-hydrogen) atoms. The molecule has 2 rings (SSSR count). The van der Waals surface area contributed by atoms with Gasteiger partial charge in [0.15, 0.2) is 12.3 Å². The highest BCUT2D eigenvalue weighted by Gasteiger charge is 2.41. The average Bonchev–Trinajstić information content (AvgIpc) is 2.58. The minimum Gasteiger partial charge on any atom is -0.375 e. The summed E-state index contributed by atoms with van der Waals surface area (Å²) in [5.41, 5.74) is 0. The van der Waals surface area contributed by atoms with Crippen LogP contribution in [0.4, 0.5) is 8.78 Å². The van der Waals surface area contributed by atoms with E-state index < -0.39 is 24.6 Å². The summed E-state index contributed by atoms with van der Waals surface area (Å²) in [6.07, 6.45) is 5.21. The topological polar surface area (TPSA) is 18.5 Å². The second-order valence-corrected chi connectivity index (χ2v) is 7.12. The smallest absolute Gasteiger partial charge is 0.160 e. The Balaban J connectivity index is 1.69. The summed E-state index contributed by atoms with van der Waals surface area (Å²) in [5, 5.41) is 0. The highest BCUT2D eigenvalue weighted by atomic mass is 19.2. The van der Waals surface area contributed by atoms with Crippen molar-refractivity contribution >= 4 is 0 Å². The van der Waals surface area contributed by atoms with E-state index in [1.807, 2.05) is 6.08 Å². The van der Waals surface area contributed by atoms with Crippen molar-refractivity contribution in [2.24, 2.45) is 11.8 Å². The van der Waals surface area contributed by atoms with Crippen LogP contribution in [0.5, 0.6) is 0 Å². The van der Waals surface area contributed by atoms with E-state index in [1.165, 1.54) is 0 Å². The van der Waals surface area contributed by atoms with Crippen LogP contribution in [0.3, 0.4) is 0 Å². The van der Waals surface area contributed by atoms with E-state index in [0.29, 0.717) is 37.9 Å². The first-order chi connectivity index (χ1) is 11.2. The van der Waals surface area contributed by atoms with Crippen molar-refractivity contribution in [2.45, 2.75) is 82.8 Å². The quantitative estimate of drug-likeness (QED) is 0.459. The largest absolute Gasteiger partial charge is 0.375 e. The minimum absolute atomic E-state index is 0.481. The minimum atomic E-state index is -1.56. The van der Waals surface area contributed by atoms with Crippen LogP contribution in [0.25, 0.3) is 0 Å². The van der Waals surface area contributed by atoms with Gasteiger partial charge in [0.1, 0.15) is 0 Å².